The van der Waals surface area contributed by atoms with Gasteiger partial charge in [0.1, 0.15) is 11.6 Å². The van der Waals surface area contributed by atoms with Crippen LogP contribution >= 0.6 is 11.8 Å². The molecule has 17 heavy (non-hydrogen) atoms. The molecule has 0 amide bonds. The van der Waals surface area contributed by atoms with Gasteiger partial charge in [0.05, 0.1) is 0 Å². The Morgan fingerprint density at radius 1 is 1.18 bits per heavy atom. The van der Waals surface area contributed by atoms with Gasteiger partial charge in [0.2, 0.25) is 0 Å². The van der Waals surface area contributed by atoms with Crippen molar-refractivity contribution in [1.82, 2.24) is 0 Å². The molecule has 1 saturated carbocycles. The van der Waals surface area contributed by atoms with Crippen molar-refractivity contribution in [2.45, 2.75) is 37.0 Å². The third kappa shape index (κ3) is 3.68. The summed E-state index contributed by atoms with van der Waals surface area (Å²) >= 11 is 1.83. The van der Waals surface area contributed by atoms with Gasteiger partial charge in [-0.1, -0.05) is 12.8 Å². The molecule has 0 radical (unpaired) electrons. The number of rotatable bonds is 4. The molecule has 1 aliphatic rings. The van der Waals surface area contributed by atoms with Gasteiger partial charge in [-0.3, -0.25) is 0 Å². The van der Waals surface area contributed by atoms with E-state index in [0.29, 0.717) is 10.8 Å². The lowest BCUT2D eigenvalue weighted by Gasteiger charge is -2.15. The Hall–Kier alpha value is -0.610. The highest BCUT2D eigenvalue weighted by atomic mass is 32.2. The summed E-state index contributed by atoms with van der Waals surface area (Å²) in [6.07, 6.45) is 5.08. The normalized spacial score (nSPS) is 18.5. The van der Waals surface area contributed by atoms with E-state index in [0.717, 1.165) is 11.8 Å². The average molecular weight is 257 g/mol. The van der Waals surface area contributed by atoms with Crippen LogP contribution in [0.5, 0.6) is 0 Å². The molecule has 1 nitrogen and oxygen atoms in total. The summed E-state index contributed by atoms with van der Waals surface area (Å²) in [6.45, 7) is 0. The van der Waals surface area contributed by atoms with Crippen molar-refractivity contribution in [3.05, 3.63) is 35.4 Å². The van der Waals surface area contributed by atoms with Gasteiger partial charge >= 0.3 is 0 Å². The minimum Gasteiger partial charge on any atom is -0.323 e. The topological polar surface area (TPSA) is 26.0 Å². The number of hydrogen-bond acceptors (Lipinski definition) is 2. The molecule has 1 fully saturated rings. The standard InChI is InChI=1S/C13H17F2NS/c14-10-5-9(6-11(15)7-10)13(16)8-17-12-3-1-2-4-12/h5-7,12-13H,1-4,8,16H2. The highest BCUT2D eigenvalue weighted by Gasteiger charge is 2.17. The van der Waals surface area contributed by atoms with E-state index in [-0.39, 0.29) is 6.04 Å². The highest BCUT2D eigenvalue weighted by Crippen LogP contribution is 2.31. The van der Waals surface area contributed by atoms with E-state index in [2.05, 4.69) is 0 Å². The lowest BCUT2D eigenvalue weighted by molar-refractivity contribution is 0.576. The number of halogens is 2. The number of benzene rings is 1. The van der Waals surface area contributed by atoms with Crippen molar-refractivity contribution in [3.8, 4) is 0 Å². The lowest BCUT2D eigenvalue weighted by atomic mass is 10.1. The fraction of sp³-hybridized carbons (Fsp3) is 0.538. The largest absolute Gasteiger partial charge is 0.323 e. The molecule has 2 N–H and O–H groups in total. The van der Waals surface area contributed by atoms with Crippen LogP contribution in [0.25, 0.3) is 0 Å². The van der Waals surface area contributed by atoms with Crippen LogP contribution in [-0.2, 0) is 0 Å². The Morgan fingerprint density at radius 3 is 2.35 bits per heavy atom. The van der Waals surface area contributed by atoms with Crippen molar-refractivity contribution in [3.63, 3.8) is 0 Å². The second-order valence-corrected chi connectivity index (χ2v) is 5.88. The molecule has 1 aliphatic carbocycles. The fourth-order valence-corrected chi connectivity index (χ4v) is 3.52. The predicted octanol–water partition coefficient (Wildman–Crippen LogP) is 3.64. The Labute approximate surface area is 105 Å². The Bertz CT molecular complexity index is 357. The van der Waals surface area contributed by atoms with Crippen molar-refractivity contribution >= 4 is 11.8 Å². The molecule has 2 rings (SSSR count). The van der Waals surface area contributed by atoms with Crippen molar-refractivity contribution in [1.29, 1.82) is 0 Å². The van der Waals surface area contributed by atoms with E-state index in [1.165, 1.54) is 37.8 Å². The minimum atomic E-state index is -0.554. The maximum atomic E-state index is 13.0. The first-order valence-electron chi connectivity index (χ1n) is 5.98. The van der Waals surface area contributed by atoms with Crippen LogP contribution in [0, 0.1) is 11.6 Å². The van der Waals surface area contributed by atoms with E-state index in [1.807, 2.05) is 11.8 Å². The SMILES string of the molecule is NC(CSC1CCCC1)c1cc(F)cc(F)c1. The molecule has 4 heteroatoms. The molecule has 1 aromatic carbocycles. The lowest BCUT2D eigenvalue weighted by Crippen LogP contribution is -2.15. The monoisotopic (exact) mass is 257 g/mol. The summed E-state index contributed by atoms with van der Waals surface area (Å²) < 4.78 is 26.1. The number of nitrogens with two attached hydrogens (primary N) is 1. The first kappa shape index (κ1) is 12.8. The first-order chi connectivity index (χ1) is 8.15. The van der Waals surface area contributed by atoms with Crippen LogP contribution in [-0.4, -0.2) is 11.0 Å². The van der Waals surface area contributed by atoms with Gasteiger partial charge < -0.3 is 5.73 Å². The van der Waals surface area contributed by atoms with Gasteiger partial charge in [0.25, 0.3) is 0 Å². The fourth-order valence-electron chi connectivity index (χ4n) is 2.18. The van der Waals surface area contributed by atoms with Crippen LogP contribution < -0.4 is 5.73 Å². The molecule has 0 heterocycles. The molecule has 0 spiro atoms. The van der Waals surface area contributed by atoms with E-state index < -0.39 is 11.6 Å². The Kier molecular flexibility index (Phi) is 4.40. The summed E-state index contributed by atoms with van der Waals surface area (Å²) in [4.78, 5) is 0. The van der Waals surface area contributed by atoms with Gasteiger partial charge in [-0.2, -0.15) is 11.8 Å². The zero-order chi connectivity index (χ0) is 12.3. The van der Waals surface area contributed by atoms with E-state index >= 15 is 0 Å². The second-order valence-electron chi connectivity index (χ2n) is 4.55. The second kappa shape index (κ2) is 5.83. The van der Waals surface area contributed by atoms with Gasteiger partial charge in [-0.05, 0) is 30.5 Å². The summed E-state index contributed by atoms with van der Waals surface area (Å²) in [5.41, 5.74) is 6.51. The van der Waals surface area contributed by atoms with E-state index in [9.17, 15) is 8.78 Å². The maximum absolute atomic E-state index is 13.0. The van der Waals surface area contributed by atoms with Crippen molar-refractivity contribution in [2.75, 3.05) is 5.75 Å². The quantitative estimate of drug-likeness (QED) is 0.891. The zero-order valence-electron chi connectivity index (χ0n) is 9.66. The molecule has 0 saturated heterocycles. The summed E-state index contributed by atoms with van der Waals surface area (Å²) in [5.74, 6) is -0.379. The third-order valence-electron chi connectivity index (χ3n) is 3.13. The van der Waals surface area contributed by atoms with E-state index in [1.54, 1.807) is 0 Å². The number of thioether (sulfide) groups is 1. The molecule has 0 aliphatic heterocycles. The van der Waals surface area contributed by atoms with Crippen LogP contribution in [0.15, 0.2) is 18.2 Å². The smallest absolute Gasteiger partial charge is 0.126 e. The zero-order valence-corrected chi connectivity index (χ0v) is 10.5. The van der Waals surface area contributed by atoms with Gasteiger partial charge in [0, 0.05) is 23.1 Å². The molecular weight excluding hydrogens is 240 g/mol. The maximum Gasteiger partial charge on any atom is 0.126 e. The van der Waals surface area contributed by atoms with Gasteiger partial charge in [0.15, 0.2) is 0 Å². The Morgan fingerprint density at radius 2 is 1.76 bits per heavy atom. The van der Waals surface area contributed by atoms with Crippen LogP contribution in [0.3, 0.4) is 0 Å². The molecule has 1 aromatic rings. The first-order valence-corrected chi connectivity index (χ1v) is 7.03. The summed E-state index contributed by atoms with van der Waals surface area (Å²) in [5, 5.41) is 0.680. The minimum absolute atomic E-state index is 0.286. The van der Waals surface area contributed by atoms with Crippen molar-refractivity contribution in [2.24, 2.45) is 5.73 Å². The summed E-state index contributed by atoms with van der Waals surface area (Å²) in [7, 11) is 0. The van der Waals surface area contributed by atoms with Crippen LogP contribution in [0.4, 0.5) is 8.78 Å². The molecule has 0 aromatic heterocycles. The van der Waals surface area contributed by atoms with Crippen LogP contribution in [0.1, 0.15) is 37.3 Å². The molecule has 1 unspecified atom stereocenters. The molecular formula is C13H17F2NS. The highest BCUT2D eigenvalue weighted by molar-refractivity contribution is 7.99. The average Bonchev–Trinajstić information content (AvgIpc) is 2.77. The predicted molar refractivity (Wildman–Crippen MR) is 68.0 cm³/mol. The number of hydrogen-bond donors (Lipinski definition) is 1. The van der Waals surface area contributed by atoms with Gasteiger partial charge in [-0.15, -0.1) is 0 Å². The molecule has 0 bridgehead atoms. The van der Waals surface area contributed by atoms with E-state index in [4.69, 9.17) is 5.73 Å². The van der Waals surface area contributed by atoms with Crippen LogP contribution in [0.2, 0.25) is 0 Å². The molecule has 94 valence electrons. The third-order valence-corrected chi connectivity index (χ3v) is 4.62. The Balaban J connectivity index is 1.91. The van der Waals surface area contributed by atoms with Gasteiger partial charge in [-0.25, -0.2) is 8.78 Å². The molecule has 1 atom stereocenters. The summed E-state index contributed by atoms with van der Waals surface area (Å²) in [6, 6.07) is 3.23. The van der Waals surface area contributed by atoms with Crippen molar-refractivity contribution < 1.29 is 8.78 Å².